The highest BCUT2D eigenvalue weighted by molar-refractivity contribution is 7.13. The van der Waals surface area contributed by atoms with Crippen molar-refractivity contribution in [3.8, 4) is 10.6 Å². The Morgan fingerprint density at radius 3 is 2.29 bits per heavy atom. The number of amides is 1. The SMILES string of the molecule is O=C(COC(=O)c1csc(-c2ccc(Cl)cc2)n1)Nc1c(Cl)cc(Cl)cc1Cl. The largest absolute Gasteiger partial charge is 0.451 e. The number of hydrogen-bond donors (Lipinski definition) is 1. The molecule has 3 aromatic rings. The second-order valence-electron chi connectivity index (χ2n) is 5.41. The van der Waals surface area contributed by atoms with E-state index < -0.39 is 18.5 Å². The molecule has 10 heteroatoms. The van der Waals surface area contributed by atoms with Crippen LogP contribution < -0.4 is 5.32 Å². The maximum Gasteiger partial charge on any atom is 0.358 e. The zero-order chi connectivity index (χ0) is 20.3. The quantitative estimate of drug-likeness (QED) is 0.444. The van der Waals surface area contributed by atoms with E-state index in [9.17, 15) is 9.59 Å². The molecule has 0 atom stereocenters. The van der Waals surface area contributed by atoms with Crippen LogP contribution in [0.1, 0.15) is 10.5 Å². The van der Waals surface area contributed by atoms with E-state index in [1.54, 1.807) is 29.6 Å². The van der Waals surface area contributed by atoms with Crippen LogP contribution in [0.3, 0.4) is 0 Å². The minimum atomic E-state index is -0.722. The second kappa shape index (κ2) is 9.11. The lowest BCUT2D eigenvalue weighted by Crippen LogP contribution is -2.21. The smallest absolute Gasteiger partial charge is 0.358 e. The van der Waals surface area contributed by atoms with Crippen LogP contribution in [-0.4, -0.2) is 23.5 Å². The number of esters is 1. The van der Waals surface area contributed by atoms with Crippen molar-refractivity contribution in [3.05, 3.63) is 67.6 Å². The average Bonchev–Trinajstić information content (AvgIpc) is 3.13. The summed E-state index contributed by atoms with van der Waals surface area (Å²) in [5.41, 5.74) is 1.11. The molecular formula is C18H10Cl4N2O3S. The number of ether oxygens (including phenoxy) is 1. The van der Waals surface area contributed by atoms with Gasteiger partial charge in [-0.3, -0.25) is 4.79 Å². The van der Waals surface area contributed by atoms with Crippen LogP contribution in [0.4, 0.5) is 5.69 Å². The van der Waals surface area contributed by atoms with E-state index in [-0.39, 0.29) is 21.4 Å². The standard InChI is InChI=1S/C18H10Cl4N2O3S/c19-10-3-1-9(2-4-10)17-23-14(8-28-17)18(26)27-7-15(25)24-16-12(21)5-11(20)6-13(16)22/h1-6,8H,7H2,(H,24,25). The molecule has 2 aromatic carbocycles. The maximum absolute atomic E-state index is 12.1. The first-order valence-electron chi connectivity index (χ1n) is 7.66. The van der Waals surface area contributed by atoms with Crippen LogP contribution in [0, 0.1) is 0 Å². The van der Waals surface area contributed by atoms with Gasteiger partial charge in [0.2, 0.25) is 0 Å². The summed E-state index contributed by atoms with van der Waals surface area (Å²) < 4.78 is 4.99. The number of anilines is 1. The number of thiazole rings is 1. The molecule has 5 nitrogen and oxygen atoms in total. The van der Waals surface area contributed by atoms with Crippen LogP contribution in [0.15, 0.2) is 41.8 Å². The zero-order valence-corrected chi connectivity index (χ0v) is 17.7. The van der Waals surface area contributed by atoms with Gasteiger partial charge in [0.05, 0.1) is 15.7 Å². The molecule has 0 radical (unpaired) electrons. The molecule has 0 saturated heterocycles. The second-order valence-corrected chi connectivity index (χ2v) is 7.96. The van der Waals surface area contributed by atoms with Gasteiger partial charge in [0.25, 0.3) is 5.91 Å². The Morgan fingerprint density at radius 1 is 1.00 bits per heavy atom. The summed E-state index contributed by atoms with van der Waals surface area (Å²) in [7, 11) is 0. The maximum atomic E-state index is 12.1. The van der Waals surface area contributed by atoms with E-state index in [1.807, 2.05) is 0 Å². The van der Waals surface area contributed by atoms with Crippen LogP contribution >= 0.6 is 57.7 Å². The number of hydrogen-bond acceptors (Lipinski definition) is 5. The van der Waals surface area contributed by atoms with Crippen LogP contribution in [0.2, 0.25) is 20.1 Å². The zero-order valence-electron chi connectivity index (χ0n) is 13.8. The molecule has 0 aliphatic heterocycles. The molecular weight excluding hydrogens is 466 g/mol. The van der Waals surface area contributed by atoms with Gasteiger partial charge in [-0.2, -0.15) is 0 Å². The summed E-state index contributed by atoms with van der Waals surface area (Å²) in [6, 6.07) is 9.92. The fourth-order valence-electron chi connectivity index (χ4n) is 2.13. The first-order chi connectivity index (χ1) is 13.3. The van der Waals surface area contributed by atoms with Crippen molar-refractivity contribution in [1.29, 1.82) is 0 Å². The van der Waals surface area contributed by atoms with Crippen molar-refractivity contribution in [1.82, 2.24) is 4.98 Å². The number of nitrogens with one attached hydrogen (secondary N) is 1. The highest BCUT2D eigenvalue weighted by atomic mass is 35.5. The molecule has 0 saturated carbocycles. The summed E-state index contributed by atoms with van der Waals surface area (Å²) in [4.78, 5) is 28.4. The van der Waals surface area contributed by atoms with Gasteiger partial charge >= 0.3 is 5.97 Å². The van der Waals surface area contributed by atoms with Gasteiger partial charge in [0.15, 0.2) is 12.3 Å². The van der Waals surface area contributed by atoms with Crippen LogP contribution in [0.25, 0.3) is 10.6 Å². The Kier molecular flexibility index (Phi) is 6.80. The highest BCUT2D eigenvalue weighted by Crippen LogP contribution is 2.33. The summed E-state index contributed by atoms with van der Waals surface area (Å²) in [6.45, 7) is -0.526. The molecule has 0 fully saturated rings. The van der Waals surface area contributed by atoms with Gasteiger partial charge in [-0.05, 0) is 24.3 Å². The van der Waals surface area contributed by atoms with Crippen molar-refractivity contribution in [3.63, 3.8) is 0 Å². The van der Waals surface area contributed by atoms with Gasteiger partial charge in [-0.25, -0.2) is 9.78 Å². The summed E-state index contributed by atoms with van der Waals surface area (Å²) in [5.74, 6) is -1.33. The van der Waals surface area contributed by atoms with E-state index in [0.717, 1.165) is 5.56 Å². The number of nitrogens with zero attached hydrogens (tertiary/aromatic N) is 1. The Bertz CT molecular complexity index is 1010. The molecule has 3 rings (SSSR count). The normalized spacial score (nSPS) is 10.6. The summed E-state index contributed by atoms with van der Waals surface area (Å²) >= 11 is 25.0. The van der Waals surface area contributed by atoms with Gasteiger partial charge in [-0.1, -0.05) is 58.5 Å². The third kappa shape index (κ3) is 5.16. The molecule has 0 unspecified atom stereocenters. The molecule has 1 aromatic heterocycles. The lowest BCUT2D eigenvalue weighted by molar-refractivity contribution is -0.119. The first kappa shape index (κ1) is 20.9. The van der Waals surface area contributed by atoms with Gasteiger partial charge in [0.1, 0.15) is 5.01 Å². The molecule has 1 heterocycles. The third-order valence-electron chi connectivity index (χ3n) is 3.41. The molecule has 0 bridgehead atoms. The number of halogens is 4. The van der Waals surface area contributed by atoms with Crippen molar-refractivity contribution >= 4 is 75.3 Å². The van der Waals surface area contributed by atoms with Crippen LogP contribution in [-0.2, 0) is 9.53 Å². The molecule has 28 heavy (non-hydrogen) atoms. The van der Waals surface area contributed by atoms with Crippen molar-refractivity contribution in [2.45, 2.75) is 0 Å². The number of rotatable bonds is 5. The molecule has 0 aliphatic rings. The lowest BCUT2D eigenvalue weighted by atomic mass is 10.2. The lowest BCUT2D eigenvalue weighted by Gasteiger charge is -2.10. The minimum Gasteiger partial charge on any atom is -0.451 e. The monoisotopic (exact) mass is 474 g/mol. The van der Waals surface area contributed by atoms with Crippen molar-refractivity contribution in [2.75, 3.05) is 11.9 Å². The molecule has 0 spiro atoms. The Morgan fingerprint density at radius 2 is 1.64 bits per heavy atom. The van der Waals surface area contributed by atoms with Crippen molar-refractivity contribution in [2.24, 2.45) is 0 Å². The average molecular weight is 476 g/mol. The Hall–Kier alpha value is -1.83. The Labute approximate surface area is 184 Å². The van der Waals surface area contributed by atoms with E-state index in [1.165, 1.54) is 23.5 Å². The predicted octanol–water partition coefficient (Wildman–Crippen LogP) is 6.22. The first-order valence-corrected chi connectivity index (χ1v) is 10.1. The van der Waals surface area contributed by atoms with E-state index >= 15 is 0 Å². The molecule has 0 aliphatic carbocycles. The topological polar surface area (TPSA) is 68.3 Å². The fraction of sp³-hybridized carbons (Fsp3) is 0.0556. The number of aromatic nitrogens is 1. The summed E-state index contributed by atoms with van der Waals surface area (Å²) in [5, 5.41) is 5.94. The number of benzene rings is 2. The number of carbonyl (C=O) groups is 2. The van der Waals surface area contributed by atoms with Gasteiger partial charge in [0, 0.05) is 21.0 Å². The van der Waals surface area contributed by atoms with Crippen molar-refractivity contribution < 1.29 is 14.3 Å². The molecule has 1 amide bonds. The molecule has 144 valence electrons. The van der Waals surface area contributed by atoms with E-state index in [4.69, 9.17) is 51.1 Å². The van der Waals surface area contributed by atoms with E-state index in [2.05, 4.69) is 10.3 Å². The van der Waals surface area contributed by atoms with Gasteiger partial charge in [-0.15, -0.1) is 11.3 Å². The minimum absolute atomic E-state index is 0.102. The highest BCUT2D eigenvalue weighted by Gasteiger charge is 2.16. The van der Waals surface area contributed by atoms with Crippen LogP contribution in [0.5, 0.6) is 0 Å². The third-order valence-corrected chi connectivity index (χ3v) is 5.37. The van der Waals surface area contributed by atoms with E-state index in [0.29, 0.717) is 15.1 Å². The van der Waals surface area contributed by atoms with Gasteiger partial charge < -0.3 is 10.1 Å². The Balaban J connectivity index is 1.60. The molecule has 1 N–H and O–H groups in total. The fourth-order valence-corrected chi connectivity index (χ4v) is 3.97. The number of carbonyl (C=O) groups excluding carboxylic acids is 2. The summed E-state index contributed by atoms with van der Waals surface area (Å²) in [6.07, 6.45) is 0. The predicted molar refractivity (Wildman–Crippen MR) is 113 cm³/mol.